The first-order valence-electron chi connectivity index (χ1n) is 6.58. The van der Waals surface area contributed by atoms with Crippen molar-refractivity contribution in [1.82, 2.24) is 5.32 Å². The van der Waals surface area contributed by atoms with Gasteiger partial charge in [0.2, 0.25) is 0 Å². The first kappa shape index (κ1) is 15.9. The van der Waals surface area contributed by atoms with Gasteiger partial charge in [-0.15, -0.1) is 0 Å². The fraction of sp³-hybridized carbons (Fsp3) is 0.571. The van der Waals surface area contributed by atoms with E-state index in [4.69, 9.17) is 14.6 Å². The smallest absolute Gasteiger partial charge is 0.165 e. The Balaban J connectivity index is 2.34. The molecule has 0 aliphatic rings. The Hall–Kier alpha value is -1.17. The molecule has 4 nitrogen and oxygen atoms in total. The average Bonchev–Trinajstić information content (AvgIpc) is 2.41. The van der Waals surface area contributed by atoms with Gasteiger partial charge < -0.3 is 19.9 Å². The second kappa shape index (κ2) is 9.72. The Kier molecular flexibility index (Phi) is 8.13. The molecular weight excluding hydrogens is 249 g/mol. The van der Waals surface area contributed by atoms with Gasteiger partial charge in [0.1, 0.15) is 6.61 Å². The van der Waals surface area contributed by atoms with Crippen molar-refractivity contribution in [3.63, 3.8) is 0 Å². The van der Waals surface area contributed by atoms with Crippen LogP contribution in [0.3, 0.4) is 0 Å². The predicted octanol–water partition coefficient (Wildman–Crippen LogP) is 1.71. The van der Waals surface area contributed by atoms with Crippen LogP contribution in [-0.2, 0) is 11.3 Å². The first-order chi connectivity index (χ1) is 9.27. The van der Waals surface area contributed by atoms with Crippen molar-refractivity contribution in [3.8, 4) is 5.75 Å². The van der Waals surface area contributed by atoms with Crippen molar-refractivity contribution >= 4 is 0 Å². The van der Waals surface area contributed by atoms with Crippen LogP contribution in [0.15, 0.2) is 18.2 Å². The lowest BCUT2D eigenvalue weighted by Crippen LogP contribution is -2.14. The lowest BCUT2D eigenvalue weighted by molar-refractivity contribution is 0.0696. The summed E-state index contributed by atoms with van der Waals surface area (Å²) in [6.45, 7) is 4.52. The molecule has 108 valence electrons. The standard InChI is InChI=1S/C14H22FNO3/c1-2-5-16-11-12-3-4-14(13(15)10-12)19-9-8-18-7-6-17/h3-4,10,16-17H,2,5-9,11H2,1H3. The molecule has 0 aliphatic heterocycles. The van der Waals surface area contributed by atoms with Gasteiger partial charge in [-0.1, -0.05) is 13.0 Å². The molecule has 1 rings (SSSR count). The summed E-state index contributed by atoms with van der Waals surface area (Å²) in [5.41, 5.74) is 0.898. The molecule has 19 heavy (non-hydrogen) atoms. The minimum Gasteiger partial charge on any atom is -0.488 e. The lowest BCUT2D eigenvalue weighted by Gasteiger charge is -2.09. The summed E-state index contributed by atoms with van der Waals surface area (Å²) in [6, 6.07) is 4.95. The van der Waals surface area contributed by atoms with Crippen LogP contribution in [0.4, 0.5) is 4.39 Å². The highest BCUT2D eigenvalue weighted by Crippen LogP contribution is 2.18. The van der Waals surface area contributed by atoms with E-state index < -0.39 is 0 Å². The molecule has 1 aromatic rings. The largest absolute Gasteiger partial charge is 0.488 e. The van der Waals surface area contributed by atoms with Crippen LogP contribution in [0.25, 0.3) is 0 Å². The van der Waals surface area contributed by atoms with E-state index in [9.17, 15) is 4.39 Å². The molecule has 0 aliphatic carbocycles. The van der Waals surface area contributed by atoms with Gasteiger partial charge in [-0.3, -0.25) is 0 Å². The normalized spacial score (nSPS) is 10.7. The molecule has 0 bridgehead atoms. The van der Waals surface area contributed by atoms with Crippen LogP contribution in [0.1, 0.15) is 18.9 Å². The maximum absolute atomic E-state index is 13.7. The van der Waals surface area contributed by atoms with Crippen molar-refractivity contribution in [1.29, 1.82) is 0 Å². The molecule has 5 heteroatoms. The number of rotatable bonds is 10. The quantitative estimate of drug-likeness (QED) is 0.636. The number of hydrogen-bond acceptors (Lipinski definition) is 4. The summed E-state index contributed by atoms with van der Waals surface area (Å²) in [5, 5.41) is 11.7. The van der Waals surface area contributed by atoms with Crippen molar-refractivity contribution in [2.24, 2.45) is 0 Å². The number of nitrogens with one attached hydrogen (secondary N) is 1. The number of ether oxygens (including phenoxy) is 2. The van der Waals surface area contributed by atoms with Gasteiger partial charge in [0.25, 0.3) is 0 Å². The van der Waals surface area contributed by atoms with Gasteiger partial charge in [-0.2, -0.15) is 0 Å². The van der Waals surface area contributed by atoms with E-state index in [1.165, 1.54) is 6.07 Å². The molecule has 0 saturated heterocycles. The molecule has 1 aromatic carbocycles. The highest BCUT2D eigenvalue weighted by atomic mass is 19.1. The van der Waals surface area contributed by atoms with Crippen LogP contribution in [-0.4, -0.2) is 38.1 Å². The van der Waals surface area contributed by atoms with E-state index in [-0.39, 0.29) is 31.4 Å². The fourth-order valence-corrected chi connectivity index (χ4v) is 1.56. The van der Waals surface area contributed by atoms with E-state index in [2.05, 4.69) is 12.2 Å². The third kappa shape index (κ3) is 6.52. The van der Waals surface area contributed by atoms with E-state index in [1.54, 1.807) is 6.07 Å². The Labute approximate surface area is 113 Å². The highest BCUT2D eigenvalue weighted by Gasteiger charge is 2.04. The first-order valence-corrected chi connectivity index (χ1v) is 6.58. The van der Waals surface area contributed by atoms with Crippen molar-refractivity contribution in [2.45, 2.75) is 19.9 Å². The van der Waals surface area contributed by atoms with Gasteiger partial charge in [0.05, 0.1) is 19.8 Å². The summed E-state index contributed by atoms with van der Waals surface area (Å²) in [7, 11) is 0. The van der Waals surface area contributed by atoms with Gasteiger partial charge in [-0.25, -0.2) is 4.39 Å². The number of aliphatic hydroxyl groups excluding tert-OH is 1. The second-order valence-corrected chi connectivity index (χ2v) is 4.13. The second-order valence-electron chi connectivity index (χ2n) is 4.13. The topological polar surface area (TPSA) is 50.7 Å². The molecule has 2 N–H and O–H groups in total. The van der Waals surface area contributed by atoms with Gasteiger partial charge in [0.15, 0.2) is 11.6 Å². The van der Waals surface area contributed by atoms with E-state index >= 15 is 0 Å². The molecule has 0 atom stereocenters. The number of hydrogen-bond donors (Lipinski definition) is 2. The predicted molar refractivity (Wildman–Crippen MR) is 71.8 cm³/mol. The maximum Gasteiger partial charge on any atom is 0.165 e. The highest BCUT2D eigenvalue weighted by molar-refractivity contribution is 5.29. The van der Waals surface area contributed by atoms with Crippen LogP contribution in [0.5, 0.6) is 5.75 Å². The SMILES string of the molecule is CCCNCc1ccc(OCCOCCO)c(F)c1. The lowest BCUT2D eigenvalue weighted by atomic mass is 10.2. The van der Waals surface area contributed by atoms with E-state index in [1.807, 2.05) is 6.07 Å². The summed E-state index contributed by atoms with van der Waals surface area (Å²) < 4.78 is 24.0. The van der Waals surface area contributed by atoms with E-state index in [0.717, 1.165) is 18.5 Å². The summed E-state index contributed by atoms with van der Waals surface area (Å²) >= 11 is 0. The molecule has 0 radical (unpaired) electrons. The van der Waals surface area contributed by atoms with Gasteiger partial charge in [0, 0.05) is 6.54 Å². The molecule has 0 fully saturated rings. The minimum absolute atomic E-state index is 0.0200. The Morgan fingerprint density at radius 3 is 2.79 bits per heavy atom. The number of benzene rings is 1. The van der Waals surface area contributed by atoms with Gasteiger partial charge in [-0.05, 0) is 30.7 Å². The minimum atomic E-state index is -0.363. The molecule has 0 aromatic heterocycles. The zero-order valence-electron chi connectivity index (χ0n) is 11.3. The third-order valence-corrected chi connectivity index (χ3v) is 2.47. The molecule has 0 amide bonds. The Morgan fingerprint density at radius 1 is 1.26 bits per heavy atom. The number of halogens is 1. The Bertz CT molecular complexity index is 361. The van der Waals surface area contributed by atoms with Gasteiger partial charge >= 0.3 is 0 Å². The maximum atomic E-state index is 13.7. The number of aliphatic hydroxyl groups is 1. The molecule has 0 saturated carbocycles. The zero-order chi connectivity index (χ0) is 13.9. The van der Waals surface area contributed by atoms with Crippen LogP contribution < -0.4 is 10.1 Å². The summed E-state index contributed by atoms with van der Waals surface area (Å²) in [6.07, 6.45) is 1.05. The van der Waals surface area contributed by atoms with Crippen LogP contribution in [0.2, 0.25) is 0 Å². The molecule has 0 unspecified atom stereocenters. The molecule has 0 spiro atoms. The molecule has 0 heterocycles. The van der Waals surface area contributed by atoms with Crippen LogP contribution >= 0.6 is 0 Å². The monoisotopic (exact) mass is 271 g/mol. The van der Waals surface area contributed by atoms with Crippen molar-refractivity contribution in [3.05, 3.63) is 29.6 Å². The Morgan fingerprint density at radius 2 is 2.11 bits per heavy atom. The zero-order valence-corrected chi connectivity index (χ0v) is 11.3. The third-order valence-electron chi connectivity index (χ3n) is 2.47. The summed E-state index contributed by atoms with van der Waals surface area (Å²) in [4.78, 5) is 0. The van der Waals surface area contributed by atoms with Crippen molar-refractivity contribution in [2.75, 3.05) is 33.0 Å². The fourth-order valence-electron chi connectivity index (χ4n) is 1.56. The van der Waals surface area contributed by atoms with E-state index in [0.29, 0.717) is 13.2 Å². The molecular formula is C14H22FNO3. The van der Waals surface area contributed by atoms with Crippen LogP contribution in [0, 0.1) is 5.82 Å². The van der Waals surface area contributed by atoms with Crippen molar-refractivity contribution < 1.29 is 19.0 Å². The average molecular weight is 271 g/mol. The summed E-state index contributed by atoms with van der Waals surface area (Å²) in [5.74, 6) is -0.134.